The SMILES string of the molecule is COc1ccc(NC(=O)c2c(-c3ccc(F)cc3F)noc2C)cc1. The number of methoxy groups -OCH3 is 1. The normalized spacial score (nSPS) is 10.6. The van der Waals surface area contributed by atoms with E-state index in [1.807, 2.05) is 0 Å². The number of aryl methyl sites for hydroxylation is 1. The molecule has 0 bridgehead atoms. The van der Waals surface area contributed by atoms with Gasteiger partial charge in [-0.1, -0.05) is 5.16 Å². The van der Waals surface area contributed by atoms with Crippen LogP contribution < -0.4 is 10.1 Å². The summed E-state index contributed by atoms with van der Waals surface area (Å²) >= 11 is 0. The van der Waals surface area contributed by atoms with Gasteiger partial charge in [0, 0.05) is 17.3 Å². The van der Waals surface area contributed by atoms with Gasteiger partial charge in [-0.25, -0.2) is 8.78 Å². The zero-order valence-electron chi connectivity index (χ0n) is 13.5. The number of halogens is 2. The molecule has 0 saturated heterocycles. The minimum Gasteiger partial charge on any atom is -0.497 e. The van der Waals surface area contributed by atoms with Crippen LogP contribution in [0.2, 0.25) is 0 Å². The molecule has 0 aliphatic rings. The van der Waals surface area contributed by atoms with Crippen molar-refractivity contribution in [1.82, 2.24) is 5.16 Å². The number of carbonyl (C=O) groups excluding carboxylic acids is 1. The van der Waals surface area contributed by atoms with E-state index in [9.17, 15) is 13.6 Å². The van der Waals surface area contributed by atoms with E-state index in [4.69, 9.17) is 9.26 Å². The number of benzene rings is 2. The van der Waals surface area contributed by atoms with Gasteiger partial charge in [-0.15, -0.1) is 0 Å². The van der Waals surface area contributed by atoms with Crippen LogP contribution in [0.15, 0.2) is 47.0 Å². The summed E-state index contributed by atoms with van der Waals surface area (Å²) in [4.78, 5) is 12.6. The first-order chi connectivity index (χ1) is 12.0. The Morgan fingerprint density at radius 1 is 1.16 bits per heavy atom. The number of hydrogen-bond donors (Lipinski definition) is 1. The lowest BCUT2D eigenvalue weighted by Crippen LogP contribution is -2.13. The van der Waals surface area contributed by atoms with Crippen molar-refractivity contribution in [2.24, 2.45) is 0 Å². The van der Waals surface area contributed by atoms with Gasteiger partial charge in [-0.05, 0) is 43.3 Å². The predicted octanol–water partition coefficient (Wildman–Crippen LogP) is 4.19. The van der Waals surface area contributed by atoms with Crippen molar-refractivity contribution in [3.8, 4) is 17.0 Å². The molecule has 0 fully saturated rings. The summed E-state index contributed by atoms with van der Waals surface area (Å²) in [5, 5.41) is 6.43. The molecule has 1 heterocycles. The molecule has 3 rings (SSSR count). The summed E-state index contributed by atoms with van der Waals surface area (Å²) in [5.74, 6) is -1.18. The lowest BCUT2D eigenvalue weighted by atomic mass is 10.0. The Hall–Kier alpha value is -3.22. The maximum atomic E-state index is 14.0. The number of nitrogens with zero attached hydrogens (tertiary/aromatic N) is 1. The zero-order valence-corrected chi connectivity index (χ0v) is 13.5. The molecule has 0 atom stereocenters. The second-order valence-electron chi connectivity index (χ2n) is 5.27. The molecule has 1 aromatic heterocycles. The van der Waals surface area contributed by atoms with E-state index in [1.165, 1.54) is 13.2 Å². The summed E-state index contributed by atoms with van der Waals surface area (Å²) in [5.41, 5.74) is 0.609. The second-order valence-corrected chi connectivity index (χ2v) is 5.27. The third-order valence-corrected chi connectivity index (χ3v) is 3.62. The molecule has 0 aliphatic heterocycles. The van der Waals surface area contributed by atoms with Crippen LogP contribution in [0.25, 0.3) is 11.3 Å². The molecular weight excluding hydrogens is 330 g/mol. The zero-order chi connectivity index (χ0) is 18.0. The van der Waals surface area contributed by atoms with Gasteiger partial charge >= 0.3 is 0 Å². The molecule has 0 aliphatic carbocycles. The van der Waals surface area contributed by atoms with Crippen LogP contribution in [0.1, 0.15) is 16.1 Å². The summed E-state index contributed by atoms with van der Waals surface area (Å²) in [6.07, 6.45) is 0. The maximum absolute atomic E-state index is 14.0. The number of ether oxygens (including phenoxy) is 1. The lowest BCUT2D eigenvalue weighted by molar-refractivity contribution is 0.102. The average Bonchev–Trinajstić information content (AvgIpc) is 2.97. The molecule has 128 valence electrons. The minimum absolute atomic E-state index is 0.0148. The van der Waals surface area contributed by atoms with E-state index >= 15 is 0 Å². The van der Waals surface area contributed by atoms with Gasteiger partial charge in [0.15, 0.2) is 0 Å². The van der Waals surface area contributed by atoms with Gasteiger partial charge in [0.1, 0.15) is 34.4 Å². The second kappa shape index (κ2) is 6.72. The van der Waals surface area contributed by atoms with Crippen molar-refractivity contribution in [2.45, 2.75) is 6.92 Å². The fraction of sp³-hybridized carbons (Fsp3) is 0.111. The van der Waals surface area contributed by atoms with Gasteiger partial charge in [-0.3, -0.25) is 4.79 Å². The molecule has 0 spiro atoms. The first kappa shape index (κ1) is 16.6. The molecule has 1 amide bonds. The number of hydrogen-bond acceptors (Lipinski definition) is 4. The summed E-state index contributed by atoms with van der Waals surface area (Å²) in [6, 6.07) is 9.74. The van der Waals surface area contributed by atoms with Crippen LogP contribution in [0.4, 0.5) is 14.5 Å². The van der Waals surface area contributed by atoms with Gasteiger partial charge in [0.25, 0.3) is 5.91 Å². The Kier molecular flexibility index (Phi) is 4.47. The number of amides is 1. The highest BCUT2D eigenvalue weighted by Gasteiger charge is 2.24. The topological polar surface area (TPSA) is 64.4 Å². The van der Waals surface area contributed by atoms with E-state index in [0.29, 0.717) is 11.4 Å². The number of rotatable bonds is 4. The predicted molar refractivity (Wildman–Crippen MR) is 87.5 cm³/mol. The van der Waals surface area contributed by atoms with Gasteiger partial charge < -0.3 is 14.6 Å². The third kappa shape index (κ3) is 3.35. The quantitative estimate of drug-likeness (QED) is 0.771. The van der Waals surface area contributed by atoms with E-state index in [2.05, 4.69) is 10.5 Å². The molecule has 0 saturated carbocycles. The molecule has 2 aromatic carbocycles. The summed E-state index contributed by atoms with van der Waals surface area (Å²) in [7, 11) is 1.54. The highest BCUT2D eigenvalue weighted by molar-refractivity contribution is 6.08. The van der Waals surface area contributed by atoms with Crippen LogP contribution in [-0.2, 0) is 0 Å². The monoisotopic (exact) mass is 344 g/mol. The Morgan fingerprint density at radius 2 is 1.88 bits per heavy atom. The lowest BCUT2D eigenvalue weighted by Gasteiger charge is -2.07. The van der Waals surface area contributed by atoms with Crippen molar-refractivity contribution < 1.29 is 22.8 Å². The van der Waals surface area contributed by atoms with E-state index in [-0.39, 0.29) is 22.6 Å². The number of nitrogens with one attached hydrogen (secondary N) is 1. The Bertz CT molecular complexity index is 921. The molecule has 3 aromatic rings. The highest BCUT2D eigenvalue weighted by Crippen LogP contribution is 2.29. The van der Waals surface area contributed by atoms with Crippen molar-refractivity contribution in [2.75, 3.05) is 12.4 Å². The van der Waals surface area contributed by atoms with E-state index in [0.717, 1.165) is 12.1 Å². The molecule has 25 heavy (non-hydrogen) atoms. The Morgan fingerprint density at radius 3 is 2.52 bits per heavy atom. The molecule has 0 radical (unpaired) electrons. The minimum atomic E-state index is -0.827. The van der Waals surface area contributed by atoms with Gasteiger partial charge in [0.2, 0.25) is 0 Å². The standard InChI is InChI=1S/C18H14F2N2O3/c1-10-16(18(23)21-12-4-6-13(24-2)7-5-12)17(22-25-10)14-8-3-11(19)9-15(14)20/h3-9H,1-2H3,(H,21,23). The Labute approximate surface area is 142 Å². The maximum Gasteiger partial charge on any atom is 0.261 e. The number of carbonyl (C=O) groups is 1. The van der Waals surface area contributed by atoms with Crippen molar-refractivity contribution in [3.05, 3.63) is 65.4 Å². The molecule has 7 heteroatoms. The van der Waals surface area contributed by atoms with Crippen LogP contribution in [-0.4, -0.2) is 18.2 Å². The Balaban J connectivity index is 1.94. The first-order valence-electron chi connectivity index (χ1n) is 7.36. The molecular formula is C18H14F2N2O3. The van der Waals surface area contributed by atoms with Gasteiger partial charge in [0.05, 0.1) is 7.11 Å². The van der Waals surface area contributed by atoms with E-state index in [1.54, 1.807) is 31.2 Å². The fourth-order valence-electron chi connectivity index (χ4n) is 2.37. The highest BCUT2D eigenvalue weighted by atomic mass is 19.1. The summed E-state index contributed by atoms with van der Waals surface area (Å²) in [6.45, 7) is 1.54. The number of anilines is 1. The first-order valence-corrected chi connectivity index (χ1v) is 7.36. The van der Waals surface area contributed by atoms with Crippen molar-refractivity contribution in [1.29, 1.82) is 0 Å². The smallest absolute Gasteiger partial charge is 0.261 e. The van der Waals surface area contributed by atoms with Crippen molar-refractivity contribution >= 4 is 11.6 Å². The molecule has 5 nitrogen and oxygen atoms in total. The van der Waals surface area contributed by atoms with Crippen molar-refractivity contribution in [3.63, 3.8) is 0 Å². The number of aromatic nitrogens is 1. The van der Waals surface area contributed by atoms with Crippen LogP contribution in [0.3, 0.4) is 0 Å². The molecule has 0 unspecified atom stereocenters. The average molecular weight is 344 g/mol. The third-order valence-electron chi connectivity index (χ3n) is 3.62. The largest absolute Gasteiger partial charge is 0.497 e. The van der Waals surface area contributed by atoms with Gasteiger partial charge in [-0.2, -0.15) is 0 Å². The fourth-order valence-corrected chi connectivity index (χ4v) is 2.37. The summed E-state index contributed by atoms with van der Waals surface area (Å²) < 4.78 is 37.2. The van der Waals surface area contributed by atoms with E-state index < -0.39 is 17.5 Å². The van der Waals surface area contributed by atoms with Crippen LogP contribution in [0, 0.1) is 18.6 Å². The molecule has 1 N–H and O–H groups in total. The van der Waals surface area contributed by atoms with Crippen LogP contribution in [0.5, 0.6) is 5.75 Å². The van der Waals surface area contributed by atoms with Crippen LogP contribution >= 0.6 is 0 Å².